The molecule has 23 heavy (non-hydrogen) atoms. The van der Waals surface area contributed by atoms with Gasteiger partial charge < -0.3 is 9.72 Å². The average molecular weight is 330 g/mol. The molecule has 1 aromatic heterocycles. The molecule has 1 aliphatic carbocycles. The maximum atomic E-state index is 12.1. The molecule has 1 aliphatic rings. The van der Waals surface area contributed by atoms with Gasteiger partial charge in [-0.05, 0) is 43.4 Å². The molecule has 0 fully saturated rings. The van der Waals surface area contributed by atoms with Crippen LogP contribution in [0.25, 0.3) is 0 Å². The summed E-state index contributed by atoms with van der Waals surface area (Å²) in [5.41, 5.74) is 3.38. The van der Waals surface area contributed by atoms with E-state index in [-0.39, 0.29) is 11.5 Å². The Labute approximate surface area is 138 Å². The molecule has 0 amide bonds. The summed E-state index contributed by atoms with van der Waals surface area (Å²) >= 11 is 1.50. The summed E-state index contributed by atoms with van der Waals surface area (Å²) < 4.78 is 4.68. The minimum absolute atomic E-state index is 0.00163. The zero-order valence-electron chi connectivity index (χ0n) is 12.9. The van der Waals surface area contributed by atoms with Crippen molar-refractivity contribution in [3.63, 3.8) is 0 Å². The highest BCUT2D eigenvalue weighted by atomic mass is 32.2. The third kappa shape index (κ3) is 3.64. The summed E-state index contributed by atoms with van der Waals surface area (Å²) in [6.45, 7) is 0. The van der Waals surface area contributed by atoms with E-state index < -0.39 is 0 Å². The Kier molecular flexibility index (Phi) is 4.81. The summed E-state index contributed by atoms with van der Waals surface area (Å²) in [6.07, 6.45) is 3.89. The second-order valence-electron chi connectivity index (χ2n) is 5.48. The van der Waals surface area contributed by atoms with Gasteiger partial charge in [-0.2, -0.15) is 0 Å². The molecule has 2 aromatic rings. The standard InChI is InChI=1S/C17H18N2O3S/c1-22-16(21)12-8-6-11(7-9-12)10-23-17-18-14-5-3-2-4-13(14)15(20)19-17/h6-9H,2-5,10H2,1H3,(H,18,19,20). The number of hydrogen-bond donors (Lipinski definition) is 1. The predicted molar refractivity (Wildman–Crippen MR) is 88.8 cm³/mol. The molecule has 0 atom stereocenters. The van der Waals surface area contributed by atoms with E-state index >= 15 is 0 Å². The van der Waals surface area contributed by atoms with Gasteiger partial charge >= 0.3 is 5.97 Å². The van der Waals surface area contributed by atoms with Crippen LogP contribution in [0.2, 0.25) is 0 Å². The second-order valence-corrected chi connectivity index (χ2v) is 6.44. The lowest BCUT2D eigenvalue weighted by Crippen LogP contribution is -2.21. The van der Waals surface area contributed by atoms with Crippen LogP contribution in [0.15, 0.2) is 34.2 Å². The highest BCUT2D eigenvalue weighted by molar-refractivity contribution is 7.98. The van der Waals surface area contributed by atoms with Crippen LogP contribution in [0.5, 0.6) is 0 Å². The lowest BCUT2D eigenvalue weighted by molar-refractivity contribution is 0.0600. The van der Waals surface area contributed by atoms with Crippen molar-refractivity contribution in [1.29, 1.82) is 0 Å². The van der Waals surface area contributed by atoms with Crippen molar-refractivity contribution in [1.82, 2.24) is 9.97 Å². The van der Waals surface area contributed by atoms with Crippen molar-refractivity contribution in [3.05, 3.63) is 57.0 Å². The Balaban J connectivity index is 1.70. The predicted octanol–water partition coefficient (Wildman–Crippen LogP) is 2.73. The summed E-state index contributed by atoms with van der Waals surface area (Å²) in [4.78, 5) is 30.9. The minimum Gasteiger partial charge on any atom is -0.465 e. The highest BCUT2D eigenvalue weighted by Gasteiger charge is 2.15. The largest absolute Gasteiger partial charge is 0.465 e. The first-order valence-electron chi connectivity index (χ1n) is 7.59. The number of benzene rings is 1. The number of methoxy groups -OCH3 is 1. The Morgan fingerprint density at radius 1 is 1.26 bits per heavy atom. The van der Waals surface area contributed by atoms with E-state index in [9.17, 15) is 9.59 Å². The molecule has 0 saturated carbocycles. The number of rotatable bonds is 4. The van der Waals surface area contributed by atoms with Crippen molar-refractivity contribution in [3.8, 4) is 0 Å². The molecule has 5 nitrogen and oxygen atoms in total. The zero-order valence-corrected chi connectivity index (χ0v) is 13.7. The molecule has 1 aromatic carbocycles. The molecule has 0 spiro atoms. The number of esters is 1. The van der Waals surface area contributed by atoms with Crippen LogP contribution < -0.4 is 5.56 Å². The molecule has 1 N–H and O–H groups in total. The van der Waals surface area contributed by atoms with Crippen LogP contribution in [0.1, 0.15) is 40.0 Å². The van der Waals surface area contributed by atoms with Gasteiger partial charge in [-0.15, -0.1) is 0 Å². The summed E-state index contributed by atoms with van der Waals surface area (Å²) in [6, 6.07) is 7.25. The quantitative estimate of drug-likeness (QED) is 0.530. The number of fused-ring (bicyclic) bond motifs is 1. The van der Waals surface area contributed by atoms with E-state index in [1.807, 2.05) is 12.1 Å². The number of aromatic nitrogens is 2. The fraction of sp³-hybridized carbons (Fsp3) is 0.353. The van der Waals surface area contributed by atoms with E-state index in [1.165, 1.54) is 18.9 Å². The maximum Gasteiger partial charge on any atom is 0.337 e. The van der Waals surface area contributed by atoms with Crippen LogP contribution in [0.3, 0.4) is 0 Å². The van der Waals surface area contributed by atoms with Crippen molar-refractivity contribution in [2.75, 3.05) is 7.11 Å². The number of aryl methyl sites for hydroxylation is 1. The van der Waals surface area contributed by atoms with Crippen molar-refractivity contribution >= 4 is 17.7 Å². The molecule has 0 aliphatic heterocycles. The van der Waals surface area contributed by atoms with Gasteiger partial charge in [-0.25, -0.2) is 9.78 Å². The van der Waals surface area contributed by atoms with Crippen LogP contribution in [-0.4, -0.2) is 23.0 Å². The second kappa shape index (κ2) is 7.00. The molecule has 120 valence electrons. The first-order chi connectivity index (χ1) is 11.2. The van der Waals surface area contributed by atoms with E-state index in [4.69, 9.17) is 0 Å². The number of carbonyl (C=O) groups excluding carboxylic acids is 1. The highest BCUT2D eigenvalue weighted by Crippen LogP contribution is 2.22. The van der Waals surface area contributed by atoms with Gasteiger partial charge in [0.15, 0.2) is 5.16 Å². The van der Waals surface area contributed by atoms with E-state index in [1.54, 1.807) is 12.1 Å². The maximum absolute atomic E-state index is 12.1. The number of thioether (sulfide) groups is 1. The summed E-state index contributed by atoms with van der Waals surface area (Å²) in [7, 11) is 1.37. The third-order valence-corrected chi connectivity index (χ3v) is 4.86. The van der Waals surface area contributed by atoms with E-state index in [0.717, 1.165) is 42.5 Å². The smallest absolute Gasteiger partial charge is 0.337 e. The molecule has 1 heterocycles. The number of H-pyrrole nitrogens is 1. The monoisotopic (exact) mass is 330 g/mol. The molecule has 0 saturated heterocycles. The van der Waals surface area contributed by atoms with Gasteiger partial charge in [0.1, 0.15) is 0 Å². The SMILES string of the molecule is COC(=O)c1ccc(CSc2nc3c(c(=O)[nH]2)CCCC3)cc1. The van der Waals surface area contributed by atoms with Crippen molar-refractivity contribution in [2.45, 2.75) is 36.6 Å². The fourth-order valence-corrected chi connectivity index (χ4v) is 3.49. The number of carbonyl (C=O) groups is 1. The van der Waals surface area contributed by atoms with Gasteiger partial charge in [0, 0.05) is 11.3 Å². The zero-order chi connectivity index (χ0) is 16.2. The molecule has 6 heteroatoms. The number of nitrogens with one attached hydrogen (secondary N) is 1. The molecule has 0 unspecified atom stereocenters. The Morgan fingerprint density at radius 3 is 2.74 bits per heavy atom. The van der Waals surface area contributed by atoms with Crippen molar-refractivity contribution < 1.29 is 9.53 Å². The fourth-order valence-electron chi connectivity index (χ4n) is 2.66. The van der Waals surface area contributed by atoms with Crippen molar-refractivity contribution in [2.24, 2.45) is 0 Å². The number of aromatic amines is 1. The number of nitrogens with zero attached hydrogens (tertiary/aromatic N) is 1. The summed E-state index contributed by atoms with van der Waals surface area (Å²) in [5, 5.41) is 0.660. The first kappa shape index (κ1) is 15.8. The Bertz CT molecular complexity index is 768. The lowest BCUT2D eigenvalue weighted by Gasteiger charge is -2.14. The summed E-state index contributed by atoms with van der Waals surface area (Å²) in [5.74, 6) is 0.341. The van der Waals surface area contributed by atoms with Crippen LogP contribution in [0.4, 0.5) is 0 Å². The Morgan fingerprint density at radius 2 is 2.00 bits per heavy atom. The first-order valence-corrected chi connectivity index (χ1v) is 8.58. The van der Waals surface area contributed by atoms with E-state index in [2.05, 4.69) is 14.7 Å². The van der Waals surface area contributed by atoms with Crippen LogP contribution >= 0.6 is 11.8 Å². The minimum atomic E-state index is -0.343. The molecule has 0 radical (unpaired) electrons. The molecule has 3 rings (SSSR count). The molecular formula is C17H18N2O3S. The van der Waals surface area contributed by atoms with Gasteiger partial charge in [0.25, 0.3) is 5.56 Å². The average Bonchev–Trinajstić information content (AvgIpc) is 2.60. The number of ether oxygens (including phenoxy) is 1. The Hall–Kier alpha value is -2.08. The number of hydrogen-bond acceptors (Lipinski definition) is 5. The van der Waals surface area contributed by atoms with Crippen LogP contribution in [0, 0.1) is 0 Å². The molecule has 0 bridgehead atoms. The van der Waals surface area contributed by atoms with E-state index in [0.29, 0.717) is 16.5 Å². The van der Waals surface area contributed by atoms with Crippen LogP contribution in [-0.2, 0) is 23.3 Å². The van der Waals surface area contributed by atoms with Gasteiger partial charge in [0.2, 0.25) is 0 Å². The third-order valence-electron chi connectivity index (χ3n) is 3.92. The van der Waals surface area contributed by atoms with Gasteiger partial charge in [-0.1, -0.05) is 23.9 Å². The van der Waals surface area contributed by atoms with Gasteiger partial charge in [-0.3, -0.25) is 4.79 Å². The molecular weight excluding hydrogens is 312 g/mol. The normalized spacial score (nSPS) is 13.4. The lowest BCUT2D eigenvalue weighted by atomic mass is 9.97. The van der Waals surface area contributed by atoms with Gasteiger partial charge in [0.05, 0.1) is 18.4 Å². The topological polar surface area (TPSA) is 72.0 Å².